The van der Waals surface area contributed by atoms with Gasteiger partial charge in [-0.05, 0) is 49.0 Å². The van der Waals surface area contributed by atoms with Crippen LogP contribution in [0.5, 0.6) is 0 Å². The summed E-state index contributed by atoms with van der Waals surface area (Å²) in [7, 11) is 1.45. The molecule has 1 saturated heterocycles. The molecule has 1 heterocycles. The highest BCUT2D eigenvalue weighted by Gasteiger charge is 2.73. The molecule has 0 radical (unpaired) electrons. The molecular weight excluding hydrogens is 524 g/mol. The highest BCUT2D eigenvalue weighted by Crippen LogP contribution is 2.67. The van der Waals surface area contributed by atoms with Gasteiger partial charge in [-0.25, -0.2) is 4.79 Å². The summed E-state index contributed by atoms with van der Waals surface area (Å²) in [6, 6.07) is 0. The number of hydrogen-bond acceptors (Lipinski definition) is 8. The molecule has 2 fully saturated rings. The van der Waals surface area contributed by atoms with Crippen LogP contribution in [-0.2, 0) is 28.5 Å². The van der Waals surface area contributed by atoms with Crippen LogP contribution in [0.2, 0.25) is 0 Å². The molecular formula is C33H48O8. The monoisotopic (exact) mass is 572 g/mol. The van der Waals surface area contributed by atoms with E-state index >= 15 is 0 Å². The van der Waals surface area contributed by atoms with Gasteiger partial charge in [-0.3, -0.25) is 4.79 Å². The molecule has 3 aliphatic rings. The molecule has 8 heteroatoms. The Morgan fingerprint density at radius 3 is 2.59 bits per heavy atom. The molecule has 0 aromatic carbocycles. The summed E-state index contributed by atoms with van der Waals surface area (Å²) >= 11 is 0. The van der Waals surface area contributed by atoms with Gasteiger partial charge in [0.2, 0.25) is 6.29 Å². The maximum Gasteiger partial charge on any atom is 0.331 e. The molecule has 0 aromatic rings. The van der Waals surface area contributed by atoms with Gasteiger partial charge in [0.1, 0.15) is 12.2 Å². The lowest BCUT2D eigenvalue weighted by Crippen LogP contribution is -2.68. The lowest BCUT2D eigenvalue weighted by molar-refractivity contribution is -0.276. The quantitative estimate of drug-likeness (QED) is 0.100. The van der Waals surface area contributed by atoms with Crippen molar-refractivity contribution in [1.29, 1.82) is 0 Å². The summed E-state index contributed by atoms with van der Waals surface area (Å²) in [4.78, 5) is 25.3. The average molecular weight is 573 g/mol. The number of esters is 2. The lowest BCUT2D eigenvalue weighted by Gasteiger charge is -2.62. The van der Waals surface area contributed by atoms with Gasteiger partial charge >= 0.3 is 11.9 Å². The Kier molecular flexibility index (Phi) is 11.3. The van der Waals surface area contributed by atoms with Gasteiger partial charge in [0.15, 0.2) is 6.29 Å². The number of methoxy groups -OCH3 is 1. The van der Waals surface area contributed by atoms with Crippen molar-refractivity contribution in [2.75, 3.05) is 7.11 Å². The van der Waals surface area contributed by atoms with Gasteiger partial charge in [-0.15, -0.1) is 0 Å². The summed E-state index contributed by atoms with van der Waals surface area (Å²) in [5, 5.41) is 23.2. The van der Waals surface area contributed by atoms with E-state index in [4.69, 9.17) is 18.9 Å². The summed E-state index contributed by atoms with van der Waals surface area (Å²) in [5.74, 6) is -1.91. The van der Waals surface area contributed by atoms with Crippen molar-refractivity contribution in [2.45, 2.75) is 104 Å². The number of rotatable bonds is 13. The predicted molar refractivity (Wildman–Crippen MR) is 156 cm³/mol. The maximum atomic E-state index is 13.1. The van der Waals surface area contributed by atoms with E-state index in [2.05, 4.69) is 27.0 Å². The molecule has 2 N–H and O–H groups in total. The molecule has 0 amide bonds. The van der Waals surface area contributed by atoms with Crippen LogP contribution < -0.4 is 0 Å². The Morgan fingerprint density at radius 1 is 1.22 bits per heavy atom. The Morgan fingerprint density at radius 2 is 1.95 bits per heavy atom. The van der Waals surface area contributed by atoms with Crippen LogP contribution in [0.4, 0.5) is 0 Å². The first kappa shape index (κ1) is 33.0. The standard InChI is InChI=1S/C33H48O8/c1-8-10-11-12-13-14-15-16-27(36)40-28-22(4)32(6,18-17-21(3)9-2)26-20-24(35)19-25-30(38-7)41-31(39-23(5)34)33(25,26)29(28)37/h9,13-16,19,22,24,26,28-31,35,37H,2-3,8,10-12,17-18,20H2,1,4-7H3/b14-13+,16-15+/t22-,24+,26-,28-,29+,30+,31+,32-,33-/m0/s1. The average Bonchev–Trinajstić information content (AvgIpc) is 3.24. The Balaban J connectivity index is 2.05. The van der Waals surface area contributed by atoms with Crippen molar-refractivity contribution < 1.29 is 38.7 Å². The van der Waals surface area contributed by atoms with E-state index in [0.717, 1.165) is 31.3 Å². The van der Waals surface area contributed by atoms with Gasteiger partial charge in [-0.1, -0.05) is 82.7 Å². The third-order valence-corrected chi connectivity index (χ3v) is 9.41. The predicted octanol–water partition coefficient (Wildman–Crippen LogP) is 5.32. The number of hydrogen-bond donors (Lipinski definition) is 2. The largest absolute Gasteiger partial charge is 0.456 e. The fourth-order valence-corrected chi connectivity index (χ4v) is 7.06. The summed E-state index contributed by atoms with van der Waals surface area (Å²) in [6.45, 7) is 15.4. The van der Waals surface area contributed by atoms with Gasteiger partial charge in [0.25, 0.3) is 0 Å². The normalized spacial score (nSPS) is 36.5. The second-order valence-corrected chi connectivity index (χ2v) is 11.8. The second kappa shape index (κ2) is 14.1. The van der Waals surface area contributed by atoms with Crippen LogP contribution in [0, 0.1) is 22.7 Å². The first-order chi connectivity index (χ1) is 19.5. The molecule has 1 spiro atoms. The van der Waals surface area contributed by atoms with Crippen LogP contribution in [-0.4, -0.2) is 60.2 Å². The van der Waals surface area contributed by atoms with E-state index in [0.29, 0.717) is 24.8 Å². The van der Waals surface area contributed by atoms with Crippen LogP contribution in [0.15, 0.2) is 60.8 Å². The zero-order valence-electron chi connectivity index (χ0n) is 25.2. The fourth-order valence-electron chi connectivity index (χ4n) is 7.06. The number of carbonyl (C=O) groups excluding carboxylic acids is 2. The first-order valence-electron chi connectivity index (χ1n) is 14.7. The summed E-state index contributed by atoms with van der Waals surface area (Å²) < 4.78 is 23.4. The molecule has 2 aliphatic carbocycles. The molecule has 0 bridgehead atoms. The minimum absolute atomic E-state index is 0.295. The third-order valence-electron chi connectivity index (χ3n) is 9.41. The van der Waals surface area contributed by atoms with Gasteiger partial charge in [0.05, 0.1) is 11.5 Å². The molecule has 8 nitrogen and oxygen atoms in total. The maximum absolute atomic E-state index is 13.1. The molecule has 228 valence electrons. The molecule has 0 aromatic heterocycles. The number of allylic oxidation sites excluding steroid dienone is 5. The van der Waals surface area contributed by atoms with Crippen LogP contribution in [0.3, 0.4) is 0 Å². The van der Waals surface area contributed by atoms with Gasteiger partial charge in [0, 0.05) is 26.0 Å². The Hall–Kier alpha value is -2.52. The minimum atomic E-state index is -1.31. The number of aliphatic hydroxyl groups excluding tert-OH is 2. The van der Waals surface area contributed by atoms with E-state index in [1.807, 2.05) is 19.1 Å². The highest BCUT2D eigenvalue weighted by molar-refractivity contribution is 5.82. The first-order valence-corrected chi connectivity index (χ1v) is 14.7. The topological polar surface area (TPSA) is 112 Å². The Labute approximate surface area is 244 Å². The summed E-state index contributed by atoms with van der Waals surface area (Å²) in [5.41, 5.74) is -0.572. The SMILES string of the molecule is C=CC(=C)CC[C@@]1(C)[C@@H](C)[C@H](OC(=O)/C=C/C=C/CCCCC)[C@@H](O)[C@]23C(=C[C@@H](O)C[C@@H]12)[C@H](OC)O[C@H]3OC(C)=O. The molecule has 41 heavy (non-hydrogen) atoms. The lowest BCUT2D eigenvalue weighted by atomic mass is 9.44. The number of aliphatic hydroxyl groups is 2. The van der Waals surface area contributed by atoms with E-state index in [1.54, 1.807) is 18.2 Å². The van der Waals surface area contributed by atoms with Crippen molar-refractivity contribution in [3.05, 3.63) is 60.8 Å². The zero-order valence-corrected chi connectivity index (χ0v) is 25.2. The van der Waals surface area contributed by atoms with Crippen molar-refractivity contribution in [1.82, 2.24) is 0 Å². The van der Waals surface area contributed by atoms with Gasteiger partial charge < -0.3 is 29.2 Å². The van der Waals surface area contributed by atoms with Crippen molar-refractivity contribution >= 4 is 11.9 Å². The third kappa shape index (κ3) is 6.61. The van der Waals surface area contributed by atoms with Crippen molar-refractivity contribution in [2.24, 2.45) is 22.7 Å². The van der Waals surface area contributed by atoms with E-state index in [9.17, 15) is 19.8 Å². The van der Waals surface area contributed by atoms with Crippen LogP contribution in [0.25, 0.3) is 0 Å². The molecule has 9 atom stereocenters. The summed E-state index contributed by atoms with van der Waals surface area (Å²) in [6.07, 6.45) is 10.7. The molecule has 1 saturated carbocycles. The fraction of sp³-hybridized carbons (Fsp3) is 0.636. The van der Waals surface area contributed by atoms with Crippen molar-refractivity contribution in [3.8, 4) is 0 Å². The molecule has 1 aliphatic heterocycles. The minimum Gasteiger partial charge on any atom is -0.456 e. The van der Waals surface area contributed by atoms with E-state index in [-0.39, 0.29) is 5.92 Å². The molecule has 0 unspecified atom stereocenters. The second-order valence-electron chi connectivity index (χ2n) is 11.8. The number of carbonyl (C=O) groups is 2. The molecule has 3 rings (SSSR count). The zero-order chi connectivity index (χ0) is 30.4. The number of unbranched alkanes of at least 4 members (excludes halogenated alkanes) is 3. The van der Waals surface area contributed by atoms with Crippen molar-refractivity contribution in [3.63, 3.8) is 0 Å². The Bertz CT molecular complexity index is 1060. The number of ether oxygens (including phenoxy) is 4. The highest BCUT2D eigenvalue weighted by atomic mass is 16.8. The van der Waals surface area contributed by atoms with E-state index < -0.39 is 59.6 Å². The van der Waals surface area contributed by atoms with Crippen LogP contribution in [0.1, 0.15) is 72.6 Å². The van der Waals surface area contributed by atoms with Crippen LogP contribution >= 0.6 is 0 Å². The smallest absolute Gasteiger partial charge is 0.331 e. The van der Waals surface area contributed by atoms with Gasteiger partial charge in [-0.2, -0.15) is 0 Å². The van der Waals surface area contributed by atoms with E-state index in [1.165, 1.54) is 20.1 Å².